The Morgan fingerprint density at radius 2 is 1.82 bits per heavy atom. The second-order valence-electron chi connectivity index (χ2n) is 7.15. The van der Waals surface area contributed by atoms with E-state index in [1.165, 1.54) is 43.5 Å². The van der Waals surface area contributed by atoms with Crippen molar-refractivity contribution in [2.75, 3.05) is 12.0 Å². The van der Waals surface area contributed by atoms with E-state index in [0.717, 1.165) is 24.9 Å². The monoisotopic (exact) mass is 424 g/mol. The zero-order chi connectivity index (χ0) is 20.4. The average molecular weight is 425 g/mol. The van der Waals surface area contributed by atoms with Crippen LogP contribution in [-0.2, 0) is 14.3 Å². The van der Waals surface area contributed by atoms with Crippen LogP contribution in [0.3, 0.4) is 0 Å². The Bertz CT molecular complexity index is 693. The Morgan fingerprint density at radius 3 is 2.54 bits per heavy atom. The molecule has 0 radical (unpaired) electrons. The van der Waals surface area contributed by atoms with Gasteiger partial charge in [0.25, 0.3) is 5.91 Å². The summed E-state index contributed by atoms with van der Waals surface area (Å²) in [5.74, 6) is 0.278. The number of rotatable bonds is 12. The number of ether oxygens (including phenoxy) is 1. The zero-order valence-corrected chi connectivity index (χ0v) is 18.1. The molecule has 1 aromatic rings. The van der Waals surface area contributed by atoms with Crippen molar-refractivity contribution in [2.45, 2.75) is 63.5 Å². The molecule has 0 saturated heterocycles. The van der Waals surface area contributed by atoms with Gasteiger partial charge in [0.2, 0.25) is 5.12 Å². The first kappa shape index (κ1) is 22.6. The standard InChI is InChI=1S/C21H29ClN2O3S/c1-3-4-5-6-7-8-13-21(2)18(14-20(26)28-21)27-15-19(25)24-23-17-11-9-16(22)10-12-17/h9-12,14,23H,3-8,13,15H2,1-2H3,(H,24,25)/t21-/m1/s1. The van der Waals surface area contributed by atoms with E-state index in [1.54, 1.807) is 24.3 Å². The Labute approximate surface area is 176 Å². The molecule has 0 aromatic heterocycles. The van der Waals surface area contributed by atoms with Gasteiger partial charge in [0.15, 0.2) is 6.61 Å². The predicted octanol–water partition coefficient (Wildman–Crippen LogP) is 5.47. The normalized spacial score (nSPS) is 18.7. The summed E-state index contributed by atoms with van der Waals surface area (Å²) >= 11 is 7.12. The van der Waals surface area contributed by atoms with Crippen LogP contribution in [0.4, 0.5) is 5.69 Å². The van der Waals surface area contributed by atoms with Gasteiger partial charge in [-0.1, -0.05) is 68.8 Å². The van der Waals surface area contributed by atoms with Crippen LogP contribution in [0, 0.1) is 0 Å². The van der Waals surface area contributed by atoms with Crippen LogP contribution in [0.1, 0.15) is 58.8 Å². The molecule has 2 rings (SSSR count). The van der Waals surface area contributed by atoms with Crippen LogP contribution < -0.4 is 10.9 Å². The van der Waals surface area contributed by atoms with E-state index < -0.39 is 0 Å². The van der Waals surface area contributed by atoms with Crippen molar-refractivity contribution in [1.29, 1.82) is 0 Å². The molecule has 1 aliphatic rings. The maximum absolute atomic E-state index is 12.0. The first-order chi connectivity index (χ1) is 13.4. The molecule has 1 aromatic carbocycles. The molecule has 154 valence electrons. The number of hydrogen-bond acceptors (Lipinski definition) is 5. The summed E-state index contributed by atoms with van der Waals surface area (Å²) in [4.78, 5) is 24.0. The lowest BCUT2D eigenvalue weighted by atomic mass is 9.99. The van der Waals surface area contributed by atoms with E-state index in [0.29, 0.717) is 10.8 Å². The molecule has 28 heavy (non-hydrogen) atoms. The summed E-state index contributed by atoms with van der Waals surface area (Å²) in [6, 6.07) is 6.98. The van der Waals surface area contributed by atoms with Crippen molar-refractivity contribution >= 4 is 40.1 Å². The van der Waals surface area contributed by atoms with Crippen LogP contribution in [0.15, 0.2) is 36.1 Å². The molecular weight excluding hydrogens is 396 g/mol. The predicted molar refractivity (Wildman–Crippen MR) is 116 cm³/mol. The van der Waals surface area contributed by atoms with Crippen molar-refractivity contribution in [1.82, 2.24) is 5.43 Å². The van der Waals surface area contributed by atoms with Crippen LogP contribution in [-0.4, -0.2) is 22.4 Å². The molecule has 0 saturated carbocycles. The highest BCUT2D eigenvalue weighted by Gasteiger charge is 2.39. The van der Waals surface area contributed by atoms with Crippen LogP contribution in [0.2, 0.25) is 5.02 Å². The lowest BCUT2D eigenvalue weighted by Crippen LogP contribution is -2.33. The van der Waals surface area contributed by atoms with Crippen LogP contribution in [0.5, 0.6) is 0 Å². The van der Waals surface area contributed by atoms with Gasteiger partial charge in [0.1, 0.15) is 5.76 Å². The third kappa shape index (κ3) is 7.40. The van der Waals surface area contributed by atoms with Gasteiger partial charge < -0.3 is 4.74 Å². The largest absolute Gasteiger partial charge is 0.486 e. The zero-order valence-electron chi connectivity index (χ0n) is 16.6. The number of halogens is 1. The van der Waals surface area contributed by atoms with Gasteiger partial charge in [-0.3, -0.25) is 20.4 Å². The van der Waals surface area contributed by atoms with Gasteiger partial charge in [-0.2, -0.15) is 0 Å². The van der Waals surface area contributed by atoms with E-state index in [-0.39, 0.29) is 22.4 Å². The second kappa shape index (κ2) is 11.4. The SMILES string of the molecule is CCCCCCCC[C@@]1(C)SC(=O)C=C1OCC(=O)NNc1ccc(Cl)cc1. The summed E-state index contributed by atoms with van der Waals surface area (Å²) in [7, 11) is 0. The van der Waals surface area contributed by atoms with Crippen molar-refractivity contribution in [3.8, 4) is 0 Å². The maximum Gasteiger partial charge on any atom is 0.276 e. The molecule has 7 heteroatoms. The number of hydrazine groups is 1. The Hall–Kier alpha value is -1.66. The lowest BCUT2D eigenvalue weighted by Gasteiger charge is -2.26. The molecule has 1 amide bonds. The van der Waals surface area contributed by atoms with E-state index in [4.69, 9.17) is 16.3 Å². The summed E-state index contributed by atoms with van der Waals surface area (Å²) in [5, 5.41) is 0.614. The molecular formula is C21H29ClN2O3S. The van der Waals surface area contributed by atoms with E-state index in [1.807, 2.05) is 6.92 Å². The Kier molecular flexibility index (Phi) is 9.19. The minimum atomic E-state index is -0.383. The molecule has 1 aliphatic heterocycles. The van der Waals surface area contributed by atoms with E-state index in [9.17, 15) is 9.59 Å². The number of anilines is 1. The van der Waals surface area contributed by atoms with Gasteiger partial charge in [0, 0.05) is 11.1 Å². The molecule has 2 N–H and O–H groups in total. The highest BCUT2D eigenvalue weighted by atomic mass is 35.5. The van der Waals surface area contributed by atoms with Crippen molar-refractivity contribution in [3.63, 3.8) is 0 Å². The fourth-order valence-electron chi connectivity index (χ4n) is 3.03. The summed E-state index contributed by atoms with van der Waals surface area (Å²) in [6.07, 6.45) is 9.58. The average Bonchev–Trinajstić information content (AvgIpc) is 2.96. The number of hydrogen-bond donors (Lipinski definition) is 2. The lowest BCUT2D eigenvalue weighted by molar-refractivity contribution is -0.124. The number of carbonyl (C=O) groups is 2. The van der Waals surface area contributed by atoms with Crippen LogP contribution in [0.25, 0.3) is 0 Å². The van der Waals surface area contributed by atoms with Crippen molar-refractivity contribution in [3.05, 3.63) is 41.1 Å². The molecule has 1 heterocycles. The number of benzene rings is 1. The minimum absolute atomic E-state index is 0.0109. The van der Waals surface area contributed by atoms with E-state index >= 15 is 0 Å². The summed E-state index contributed by atoms with van der Waals surface area (Å²) < 4.78 is 5.32. The molecule has 0 spiro atoms. The summed E-state index contributed by atoms with van der Waals surface area (Å²) in [6.45, 7) is 4.08. The summed E-state index contributed by atoms with van der Waals surface area (Å²) in [5.41, 5.74) is 6.10. The minimum Gasteiger partial charge on any atom is -0.486 e. The Balaban J connectivity index is 1.75. The van der Waals surface area contributed by atoms with E-state index in [2.05, 4.69) is 17.8 Å². The molecule has 0 bridgehead atoms. The van der Waals surface area contributed by atoms with Crippen LogP contribution >= 0.6 is 23.4 Å². The van der Waals surface area contributed by atoms with Gasteiger partial charge in [-0.25, -0.2) is 0 Å². The number of nitrogens with one attached hydrogen (secondary N) is 2. The number of amides is 1. The number of unbranched alkanes of at least 4 members (excludes halogenated alkanes) is 5. The van der Waals surface area contributed by atoms with Gasteiger partial charge in [-0.15, -0.1) is 0 Å². The highest BCUT2D eigenvalue weighted by molar-refractivity contribution is 8.15. The molecule has 0 aliphatic carbocycles. The third-order valence-electron chi connectivity index (χ3n) is 4.65. The smallest absolute Gasteiger partial charge is 0.276 e. The topological polar surface area (TPSA) is 67.4 Å². The van der Waals surface area contributed by atoms with Crippen molar-refractivity contribution in [2.24, 2.45) is 0 Å². The fraction of sp³-hybridized carbons (Fsp3) is 0.524. The molecule has 0 unspecified atom stereocenters. The van der Waals surface area contributed by atoms with Crippen molar-refractivity contribution < 1.29 is 14.3 Å². The second-order valence-corrected chi connectivity index (χ2v) is 9.09. The highest BCUT2D eigenvalue weighted by Crippen LogP contribution is 2.44. The molecule has 0 fully saturated rings. The Morgan fingerprint density at radius 1 is 1.14 bits per heavy atom. The number of thioether (sulfide) groups is 1. The van der Waals surface area contributed by atoms with Gasteiger partial charge in [-0.05, 0) is 37.6 Å². The molecule has 1 atom stereocenters. The van der Waals surface area contributed by atoms with Gasteiger partial charge in [0.05, 0.1) is 10.4 Å². The first-order valence-corrected chi connectivity index (χ1v) is 11.0. The van der Waals surface area contributed by atoms with Gasteiger partial charge >= 0.3 is 0 Å². The maximum atomic E-state index is 12.0. The third-order valence-corrected chi connectivity index (χ3v) is 6.08. The number of carbonyl (C=O) groups excluding carboxylic acids is 2. The molecule has 5 nitrogen and oxygen atoms in total. The fourth-order valence-corrected chi connectivity index (χ4v) is 4.23. The quantitative estimate of drug-likeness (QED) is 0.344. The first-order valence-electron chi connectivity index (χ1n) is 9.81.